The standard InChI is InChI=1S/C12H15N/c13-7-10-5-4-9-6-8-2-1-3-11(8)12(9)10/h9-10,12H,1-6H2/t9-,10?,12+/m0/s1. The SMILES string of the molecule is N#CC1CC[C@H]2CC3=C(CCC3)[C@@H]12. The van der Waals surface area contributed by atoms with E-state index in [9.17, 15) is 0 Å². The Morgan fingerprint density at radius 1 is 1.23 bits per heavy atom. The Morgan fingerprint density at radius 2 is 2.15 bits per heavy atom. The summed E-state index contributed by atoms with van der Waals surface area (Å²) in [5.41, 5.74) is 3.46. The van der Waals surface area contributed by atoms with Gasteiger partial charge in [-0.15, -0.1) is 0 Å². The predicted octanol–water partition coefficient (Wildman–Crippen LogP) is 3.04. The summed E-state index contributed by atoms with van der Waals surface area (Å²) in [5, 5.41) is 9.06. The second-order valence-corrected chi connectivity index (χ2v) is 4.79. The number of nitrogens with zero attached hydrogens (tertiary/aromatic N) is 1. The van der Waals surface area contributed by atoms with Crippen LogP contribution in [0.4, 0.5) is 0 Å². The van der Waals surface area contributed by atoms with Crippen LogP contribution in [0.25, 0.3) is 0 Å². The van der Waals surface area contributed by atoms with Crippen LogP contribution in [0.2, 0.25) is 0 Å². The third-order valence-corrected chi connectivity index (χ3v) is 4.25. The van der Waals surface area contributed by atoms with Gasteiger partial charge in [0.05, 0.1) is 12.0 Å². The molecule has 0 heterocycles. The molecule has 0 spiro atoms. The van der Waals surface area contributed by atoms with Crippen molar-refractivity contribution in [1.82, 2.24) is 0 Å². The summed E-state index contributed by atoms with van der Waals surface area (Å²) in [7, 11) is 0. The maximum absolute atomic E-state index is 9.06. The van der Waals surface area contributed by atoms with E-state index >= 15 is 0 Å². The molecule has 3 atom stereocenters. The first-order chi connectivity index (χ1) is 6.40. The molecule has 0 aromatic carbocycles. The van der Waals surface area contributed by atoms with Crippen LogP contribution in [0.15, 0.2) is 11.1 Å². The fourth-order valence-corrected chi connectivity index (χ4v) is 3.76. The van der Waals surface area contributed by atoms with Crippen molar-refractivity contribution >= 4 is 0 Å². The van der Waals surface area contributed by atoms with Crippen LogP contribution in [0, 0.1) is 29.1 Å². The van der Waals surface area contributed by atoms with E-state index in [0.717, 1.165) is 5.92 Å². The van der Waals surface area contributed by atoms with Crippen molar-refractivity contribution in [3.8, 4) is 6.07 Å². The van der Waals surface area contributed by atoms with E-state index in [4.69, 9.17) is 5.26 Å². The highest BCUT2D eigenvalue weighted by molar-refractivity contribution is 5.32. The molecule has 0 saturated heterocycles. The molecule has 0 N–H and O–H groups in total. The normalized spacial score (nSPS) is 41.9. The van der Waals surface area contributed by atoms with Crippen molar-refractivity contribution in [1.29, 1.82) is 5.26 Å². The molecule has 0 radical (unpaired) electrons. The summed E-state index contributed by atoms with van der Waals surface area (Å²) >= 11 is 0. The smallest absolute Gasteiger partial charge is 0.0662 e. The highest BCUT2D eigenvalue weighted by Crippen LogP contribution is 2.54. The molecule has 3 aliphatic rings. The average Bonchev–Trinajstić information content (AvgIpc) is 2.72. The molecule has 0 aliphatic heterocycles. The molecular weight excluding hydrogens is 158 g/mol. The Morgan fingerprint density at radius 3 is 3.00 bits per heavy atom. The molecule has 3 aliphatic carbocycles. The first-order valence-electron chi connectivity index (χ1n) is 5.50. The molecule has 0 aromatic heterocycles. The van der Waals surface area contributed by atoms with Gasteiger partial charge in [0, 0.05) is 0 Å². The second-order valence-electron chi connectivity index (χ2n) is 4.79. The van der Waals surface area contributed by atoms with E-state index in [0.29, 0.717) is 11.8 Å². The molecule has 3 rings (SSSR count). The van der Waals surface area contributed by atoms with Crippen LogP contribution in [0.1, 0.15) is 38.5 Å². The zero-order valence-corrected chi connectivity index (χ0v) is 7.92. The van der Waals surface area contributed by atoms with Crippen LogP contribution in [0.5, 0.6) is 0 Å². The van der Waals surface area contributed by atoms with Gasteiger partial charge in [-0.25, -0.2) is 0 Å². The topological polar surface area (TPSA) is 23.8 Å². The zero-order chi connectivity index (χ0) is 8.84. The average molecular weight is 173 g/mol. The van der Waals surface area contributed by atoms with Crippen LogP contribution in [0.3, 0.4) is 0 Å². The lowest BCUT2D eigenvalue weighted by Crippen LogP contribution is -2.11. The van der Waals surface area contributed by atoms with E-state index in [1.165, 1.54) is 38.5 Å². The number of rotatable bonds is 0. The third-order valence-electron chi connectivity index (χ3n) is 4.25. The lowest BCUT2D eigenvalue weighted by molar-refractivity contribution is 0.424. The first-order valence-corrected chi connectivity index (χ1v) is 5.50. The minimum atomic E-state index is 0.371. The lowest BCUT2D eigenvalue weighted by Gasteiger charge is -2.16. The maximum atomic E-state index is 9.06. The maximum Gasteiger partial charge on any atom is 0.0662 e. The van der Waals surface area contributed by atoms with Gasteiger partial charge in [0.1, 0.15) is 0 Å². The molecular formula is C12H15N. The summed E-state index contributed by atoms with van der Waals surface area (Å²) in [6.45, 7) is 0. The van der Waals surface area contributed by atoms with Crippen molar-refractivity contribution in [3.63, 3.8) is 0 Å². The van der Waals surface area contributed by atoms with Crippen LogP contribution in [-0.2, 0) is 0 Å². The predicted molar refractivity (Wildman–Crippen MR) is 50.8 cm³/mol. The molecule has 68 valence electrons. The summed E-state index contributed by atoms with van der Waals surface area (Å²) < 4.78 is 0. The lowest BCUT2D eigenvalue weighted by atomic mass is 9.87. The molecule has 0 bridgehead atoms. The Bertz CT molecular complexity index is 308. The van der Waals surface area contributed by atoms with Crippen molar-refractivity contribution in [2.75, 3.05) is 0 Å². The molecule has 1 unspecified atom stereocenters. The Hall–Kier alpha value is -0.770. The monoisotopic (exact) mass is 173 g/mol. The molecule has 1 nitrogen and oxygen atoms in total. The largest absolute Gasteiger partial charge is 0.198 e. The molecule has 1 heteroatoms. The van der Waals surface area contributed by atoms with E-state index in [1.807, 2.05) is 0 Å². The molecule has 0 amide bonds. The Labute approximate surface area is 79.4 Å². The van der Waals surface area contributed by atoms with Gasteiger partial charge in [0.15, 0.2) is 0 Å². The van der Waals surface area contributed by atoms with Crippen molar-refractivity contribution in [3.05, 3.63) is 11.1 Å². The quantitative estimate of drug-likeness (QED) is 0.516. The minimum absolute atomic E-state index is 0.371. The Balaban J connectivity index is 1.94. The van der Waals surface area contributed by atoms with E-state index in [-0.39, 0.29) is 0 Å². The highest BCUT2D eigenvalue weighted by atomic mass is 14.5. The van der Waals surface area contributed by atoms with Crippen LogP contribution in [-0.4, -0.2) is 0 Å². The van der Waals surface area contributed by atoms with Gasteiger partial charge in [-0.05, 0) is 50.4 Å². The second kappa shape index (κ2) is 2.61. The van der Waals surface area contributed by atoms with Gasteiger partial charge in [-0.2, -0.15) is 5.26 Å². The minimum Gasteiger partial charge on any atom is -0.198 e. The van der Waals surface area contributed by atoms with E-state index in [2.05, 4.69) is 6.07 Å². The number of allylic oxidation sites excluding steroid dienone is 2. The highest BCUT2D eigenvalue weighted by Gasteiger charge is 2.44. The van der Waals surface area contributed by atoms with E-state index in [1.54, 1.807) is 11.1 Å². The fourth-order valence-electron chi connectivity index (χ4n) is 3.76. The summed E-state index contributed by atoms with van der Waals surface area (Å²) in [6, 6.07) is 2.51. The van der Waals surface area contributed by atoms with Gasteiger partial charge in [-0.1, -0.05) is 11.1 Å². The number of hydrogen-bond acceptors (Lipinski definition) is 1. The zero-order valence-electron chi connectivity index (χ0n) is 7.92. The number of nitriles is 1. The van der Waals surface area contributed by atoms with Gasteiger partial charge in [0.25, 0.3) is 0 Å². The first kappa shape index (κ1) is 7.62. The summed E-state index contributed by atoms with van der Waals surface area (Å²) in [5.74, 6) is 1.94. The van der Waals surface area contributed by atoms with Crippen molar-refractivity contribution < 1.29 is 0 Å². The van der Waals surface area contributed by atoms with Gasteiger partial charge < -0.3 is 0 Å². The Kier molecular flexibility index (Phi) is 1.53. The van der Waals surface area contributed by atoms with Gasteiger partial charge >= 0.3 is 0 Å². The van der Waals surface area contributed by atoms with Crippen molar-refractivity contribution in [2.24, 2.45) is 17.8 Å². The van der Waals surface area contributed by atoms with Crippen LogP contribution >= 0.6 is 0 Å². The summed E-state index contributed by atoms with van der Waals surface area (Å²) in [4.78, 5) is 0. The van der Waals surface area contributed by atoms with E-state index < -0.39 is 0 Å². The fraction of sp³-hybridized carbons (Fsp3) is 0.750. The van der Waals surface area contributed by atoms with Crippen LogP contribution < -0.4 is 0 Å². The molecule has 13 heavy (non-hydrogen) atoms. The summed E-state index contributed by atoms with van der Waals surface area (Å²) in [6.07, 6.45) is 7.86. The number of fused-ring (bicyclic) bond motifs is 2. The molecule has 1 saturated carbocycles. The molecule has 0 aromatic rings. The van der Waals surface area contributed by atoms with Crippen molar-refractivity contribution in [2.45, 2.75) is 38.5 Å². The van der Waals surface area contributed by atoms with Gasteiger partial charge in [-0.3, -0.25) is 0 Å². The number of hydrogen-bond donors (Lipinski definition) is 0. The van der Waals surface area contributed by atoms with Gasteiger partial charge in [0.2, 0.25) is 0 Å². The molecule has 1 fully saturated rings. The third kappa shape index (κ3) is 0.921.